The van der Waals surface area contributed by atoms with Gasteiger partial charge in [0.2, 0.25) is 0 Å². The van der Waals surface area contributed by atoms with Crippen LogP contribution in [0.2, 0.25) is 0 Å². The first-order valence-corrected chi connectivity index (χ1v) is 7.73. The Hall–Kier alpha value is -1.32. The first kappa shape index (κ1) is 16.1. The van der Waals surface area contributed by atoms with Crippen LogP contribution in [0.3, 0.4) is 0 Å². The van der Waals surface area contributed by atoms with Crippen LogP contribution < -0.4 is 0 Å². The predicted octanol–water partition coefficient (Wildman–Crippen LogP) is 3.25. The van der Waals surface area contributed by atoms with Gasteiger partial charge in [-0.05, 0) is 24.2 Å². The Morgan fingerprint density at radius 2 is 2.05 bits per heavy atom. The largest absolute Gasteiger partial charge is 0.493 e. The molecule has 0 aromatic carbocycles. The summed E-state index contributed by atoms with van der Waals surface area (Å²) in [6.07, 6.45) is 2.38. The molecular weight excluding hydrogens is 268 g/mol. The lowest BCUT2D eigenvalue weighted by atomic mass is 9.73. The minimum absolute atomic E-state index is 0.0591. The Bertz CT molecular complexity index is 473. The monoisotopic (exact) mass is 294 g/mol. The van der Waals surface area contributed by atoms with E-state index in [0.29, 0.717) is 24.3 Å². The fourth-order valence-corrected chi connectivity index (χ4v) is 3.32. The van der Waals surface area contributed by atoms with E-state index in [2.05, 4.69) is 27.7 Å². The number of hydrogen-bond acceptors (Lipinski definition) is 4. The topological polar surface area (TPSA) is 52.6 Å². The van der Waals surface area contributed by atoms with Gasteiger partial charge in [0.1, 0.15) is 11.9 Å². The fourth-order valence-electron chi connectivity index (χ4n) is 3.32. The normalized spacial score (nSPS) is 28.2. The van der Waals surface area contributed by atoms with Crippen molar-refractivity contribution in [3.63, 3.8) is 0 Å². The molecule has 0 aromatic rings. The average Bonchev–Trinajstić information content (AvgIpc) is 2.35. The molecule has 0 saturated carbocycles. The van der Waals surface area contributed by atoms with Gasteiger partial charge in [0.15, 0.2) is 5.78 Å². The van der Waals surface area contributed by atoms with E-state index in [9.17, 15) is 9.59 Å². The van der Waals surface area contributed by atoms with Crippen LogP contribution >= 0.6 is 0 Å². The summed E-state index contributed by atoms with van der Waals surface area (Å²) in [7, 11) is 1.39. The molecule has 0 bridgehead atoms. The van der Waals surface area contributed by atoms with Crippen LogP contribution in [0.25, 0.3) is 0 Å². The highest BCUT2D eigenvalue weighted by Gasteiger charge is 2.43. The van der Waals surface area contributed by atoms with E-state index in [0.717, 1.165) is 18.6 Å². The van der Waals surface area contributed by atoms with Gasteiger partial charge in [-0.25, -0.2) is 0 Å². The molecule has 0 fully saturated rings. The van der Waals surface area contributed by atoms with Crippen molar-refractivity contribution in [3.8, 4) is 0 Å². The Kier molecular flexibility index (Phi) is 4.45. The maximum atomic E-state index is 12.3. The number of Topliss-reactive ketones (excluding diaryl/α,β-unsaturated/α-hetero) is 1. The molecule has 0 saturated heterocycles. The molecule has 1 aliphatic heterocycles. The van der Waals surface area contributed by atoms with Crippen LogP contribution in [-0.4, -0.2) is 25.0 Å². The summed E-state index contributed by atoms with van der Waals surface area (Å²) >= 11 is 0. The van der Waals surface area contributed by atoms with Crippen LogP contribution in [0.5, 0.6) is 0 Å². The average molecular weight is 294 g/mol. The molecule has 1 heterocycles. The van der Waals surface area contributed by atoms with Crippen LogP contribution in [0.4, 0.5) is 0 Å². The van der Waals surface area contributed by atoms with Gasteiger partial charge < -0.3 is 9.47 Å². The minimum Gasteiger partial charge on any atom is -0.493 e. The second-order valence-electron chi connectivity index (χ2n) is 7.46. The van der Waals surface area contributed by atoms with Crippen molar-refractivity contribution in [2.75, 3.05) is 7.11 Å². The van der Waals surface area contributed by atoms with Gasteiger partial charge in [0, 0.05) is 18.4 Å². The summed E-state index contributed by atoms with van der Waals surface area (Å²) in [5.41, 5.74) is 0.654. The lowest BCUT2D eigenvalue weighted by Gasteiger charge is -2.40. The number of allylic oxidation sites excluding steroid dienone is 2. The van der Waals surface area contributed by atoms with Crippen molar-refractivity contribution in [1.29, 1.82) is 0 Å². The Balaban J connectivity index is 2.29. The molecule has 0 amide bonds. The zero-order valence-corrected chi connectivity index (χ0v) is 13.7. The molecule has 118 valence electrons. The molecule has 0 spiro atoms. The molecule has 21 heavy (non-hydrogen) atoms. The number of ether oxygens (including phenoxy) is 2. The van der Waals surface area contributed by atoms with E-state index in [-0.39, 0.29) is 29.2 Å². The molecule has 2 aliphatic rings. The summed E-state index contributed by atoms with van der Waals surface area (Å²) in [5.74, 6) is 0.725. The molecular formula is C17H26O4. The molecule has 2 atom stereocenters. The molecule has 0 unspecified atom stereocenters. The van der Waals surface area contributed by atoms with E-state index in [4.69, 9.17) is 9.47 Å². The highest BCUT2D eigenvalue weighted by molar-refractivity contribution is 5.98. The molecule has 0 aromatic heterocycles. The van der Waals surface area contributed by atoms with E-state index in [1.54, 1.807) is 0 Å². The molecule has 1 aliphatic carbocycles. The second-order valence-corrected chi connectivity index (χ2v) is 7.46. The smallest absolute Gasteiger partial charge is 0.312 e. The van der Waals surface area contributed by atoms with Gasteiger partial charge in [0.05, 0.1) is 13.0 Å². The van der Waals surface area contributed by atoms with Gasteiger partial charge in [0.25, 0.3) is 0 Å². The third-order valence-electron chi connectivity index (χ3n) is 4.33. The van der Waals surface area contributed by atoms with Crippen molar-refractivity contribution >= 4 is 11.8 Å². The number of ketones is 1. The number of carbonyl (C=O) groups is 2. The van der Waals surface area contributed by atoms with E-state index < -0.39 is 0 Å². The Labute approximate surface area is 126 Å². The van der Waals surface area contributed by atoms with Crippen molar-refractivity contribution in [1.82, 2.24) is 0 Å². The van der Waals surface area contributed by atoms with Gasteiger partial charge in [-0.2, -0.15) is 0 Å². The number of carbonyl (C=O) groups excluding carboxylic acids is 2. The second kappa shape index (κ2) is 5.82. The maximum absolute atomic E-state index is 12.3. The summed E-state index contributed by atoms with van der Waals surface area (Å²) in [5, 5.41) is 0. The summed E-state index contributed by atoms with van der Waals surface area (Å²) < 4.78 is 11.0. The third kappa shape index (κ3) is 3.47. The van der Waals surface area contributed by atoms with Gasteiger partial charge >= 0.3 is 5.97 Å². The quantitative estimate of drug-likeness (QED) is 0.750. The number of esters is 1. The van der Waals surface area contributed by atoms with Crippen LogP contribution in [0.15, 0.2) is 11.3 Å². The number of methoxy groups -OCH3 is 1. The van der Waals surface area contributed by atoms with Crippen LogP contribution in [0.1, 0.15) is 53.4 Å². The summed E-state index contributed by atoms with van der Waals surface area (Å²) in [6.45, 7) is 8.39. The van der Waals surface area contributed by atoms with Crippen molar-refractivity contribution in [2.45, 2.75) is 59.5 Å². The SMILES string of the molecule is COC(=O)[C@H]1CC2=C(CC(C)(C)CC2=O)O[C@H]1CC(C)C. The predicted molar refractivity (Wildman–Crippen MR) is 79.5 cm³/mol. The zero-order valence-electron chi connectivity index (χ0n) is 13.7. The molecule has 4 heteroatoms. The van der Waals surface area contributed by atoms with Gasteiger partial charge in [-0.1, -0.05) is 27.7 Å². The van der Waals surface area contributed by atoms with E-state index in [1.165, 1.54) is 7.11 Å². The number of hydrogen-bond donors (Lipinski definition) is 0. The molecule has 0 radical (unpaired) electrons. The number of rotatable bonds is 3. The van der Waals surface area contributed by atoms with Crippen LogP contribution in [-0.2, 0) is 19.1 Å². The van der Waals surface area contributed by atoms with Crippen molar-refractivity contribution in [3.05, 3.63) is 11.3 Å². The molecule has 2 rings (SSSR count). The van der Waals surface area contributed by atoms with Gasteiger partial charge in [-0.15, -0.1) is 0 Å². The minimum atomic E-state index is -0.360. The maximum Gasteiger partial charge on any atom is 0.312 e. The lowest BCUT2D eigenvalue weighted by molar-refractivity contribution is -0.152. The lowest BCUT2D eigenvalue weighted by Crippen LogP contribution is -2.40. The first-order chi connectivity index (χ1) is 9.73. The zero-order chi connectivity index (χ0) is 15.8. The molecule has 0 N–H and O–H groups in total. The van der Waals surface area contributed by atoms with Crippen LogP contribution in [0, 0.1) is 17.3 Å². The highest BCUT2D eigenvalue weighted by Crippen LogP contribution is 2.44. The Morgan fingerprint density at radius 1 is 1.38 bits per heavy atom. The molecule has 4 nitrogen and oxygen atoms in total. The van der Waals surface area contributed by atoms with Gasteiger partial charge in [-0.3, -0.25) is 9.59 Å². The summed E-state index contributed by atoms with van der Waals surface area (Å²) in [4.78, 5) is 24.4. The third-order valence-corrected chi connectivity index (χ3v) is 4.33. The standard InChI is InChI=1S/C17H26O4/c1-10(2)6-14-12(16(19)20-5)7-11-13(18)8-17(3,4)9-15(11)21-14/h10,12,14H,6-9H2,1-5H3/t12-,14-/m0/s1. The van der Waals surface area contributed by atoms with E-state index >= 15 is 0 Å². The summed E-state index contributed by atoms with van der Waals surface area (Å²) in [6, 6.07) is 0. The first-order valence-electron chi connectivity index (χ1n) is 7.73. The van der Waals surface area contributed by atoms with E-state index in [1.807, 2.05) is 0 Å². The van der Waals surface area contributed by atoms with Crippen molar-refractivity contribution < 1.29 is 19.1 Å². The Morgan fingerprint density at radius 3 is 2.62 bits per heavy atom. The highest BCUT2D eigenvalue weighted by atomic mass is 16.5. The van der Waals surface area contributed by atoms with Crippen molar-refractivity contribution in [2.24, 2.45) is 17.3 Å². The fraction of sp³-hybridized carbons (Fsp3) is 0.765.